The maximum atomic E-state index is 11.3. The van der Waals surface area contributed by atoms with E-state index in [0.29, 0.717) is 11.6 Å². The molecule has 1 fully saturated rings. The van der Waals surface area contributed by atoms with Crippen LogP contribution in [0.15, 0.2) is 48.9 Å². The van der Waals surface area contributed by atoms with Crippen LogP contribution in [-0.4, -0.2) is 25.7 Å². The Balaban J connectivity index is 1.62. The molecule has 1 unspecified atom stereocenters. The summed E-state index contributed by atoms with van der Waals surface area (Å²) < 4.78 is 2.23. The number of hydrogen-bond donors (Lipinski definition) is 1. The molecule has 27 heavy (non-hydrogen) atoms. The second kappa shape index (κ2) is 7.31. The third-order valence-electron chi connectivity index (χ3n) is 5.43. The largest absolute Gasteiger partial charge is 0.366 e. The molecule has 1 aliphatic carbocycles. The van der Waals surface area contributed by atoms with E-state index in [4.69, 9.17) is 5.73 Å². The summed E-state index contributed by atoms with van der Waals surface area (Å²) in [6, 6.07) is 11.9. The maximum Gasteiger partial charge on any atom is 0.248 e. The molecular formula is C21H23N5O. The van der Waals surface area contributed by atoms with Gasteiger partial charge in [0.05, 0.1) is 11.6 Å². The SMILES string of the molecule is CC(c1cc(-c2ccc(C(N)=O)cc2)ccn1)c1nncn1C1CCCC1. The Kier molecular flexibility index (Phi) is 4.71. The highest BCUT2D eigenvalue weighted by Crippen LogP contribution is 2.33. The van der Waals surface area contributed by atoms with E-state index in [1.807, 2.05) is 30.7 Å². The van der Waals surface area contributed by atoms with E-state index in [2.05, 4.69) is 32.7 Å². The van der Waals surface area contributed by atoms with Crippen LogP contribution in [0.2, 0.25) is 0 Å². The van der Waals surface area contributed by atoms with Gasteiger partial charge in [0, 0.05) is 17.8 Å². The first-order chi connectivity index (χ1) is 13.1. The van der Waals surface area contributed by atoms with Crippen LogP contribution in [0.1, 0.15) is 66.4 Å². The van der Waals surface area contributed by atoms with Gasteiger partial charge >= 0.3 is 0 Å². The minimum Gasteiger partial charge on any atom is -0.366 e. The van der Waals surface area contributed by atoms with Gasteiger partial charge < -0.3 is 10.3 Å². The van der Waals surface area contributed by atoms with Gasteiger partial charge in [-0.1, -0.05) is 25.0 Å². The number of hydrogen-bond acceptors (Lipinski definition) is 4. The molecule has 4 rings (SSSR count). The third-order valence-corrected chi connectivity index (χ3v) is 5.43. The highest BCUT2D eigenvalue weighted by molar-refractivity contribution is 5.93. The Morgan fingerprint density at radius 3 is 2.59 bits per heavy atom. The number of carbonyl (C=O) groups excluding carboxylic acids is 1. The predicted molar refractivity (Wildman–Crippen MR) is 103 cm³/mol. The number of benzene rings is 1. The van der Waals surface area contributed by atoms with E-state index in [0.717, 1.165) is 22.6 Å². The number of nitrogens with two attached hydrogens (primary N) is 1. The summed E-state index contributed by atoms with van der Waals surface area (Å²) in [6.07, 6.45) is 8.60. The molecule has 1 aliphatic rings. The molecule has 1 saturated carbocycles. The lowest BCUT2D eigenvalue weighted by atomic mass is 9.99. The molecule has 2 heterocycles. The molecule has 1 atom stereocenters. The fourth-order valence-electron chi connectivity index (χ4n) is 3.85. The van der Waals surface area contributed by atoms with Crippen molar-refractivity contribution in [2.45, 2.75) is 44.6 Å². The van der Waals surface area contributed by atoms with E-state index in [9.17, 15) is 4.79 Å². The van der Waals surface area contributed by atoms with Crippen molar-refractivity contribution in [3.63, 3.8) is 0 Å². The summed E-state index contributed by atoms with van der Waals surface area (Å²) in [5.74, 6) is 0.602. The summed E-state index contributed by atoms with van der Waals surface area (Å²) in [5, 5.41) is 8.55. The Morgan fingerprint density at radius 1 is 1.15 bits per heavy atom. The fourth-order valence-corrected chi connectivity index (χ4v) is 3.85. The third kappa shape index (κ3) is 3.47. The van der Waals surface area contributed by atoms with E-state index in [-0.39, 0.29) is 5.92 Å². The molecule has 6 heteroatoms. The van der Waals surface area contributed by atoms with E-state index in [1.54, 1.807) is 12.1 Å². The smallest absolute Gasteiger partial charge is 0.248 e. The Hall–Kier alpha value is -3.02. The molecule has 1 aromatic carbocycles. The molecule has 0 bridgehead atoms. The van der Waals surface area contributed by atoms with E-state index >= 15 is 0 Å². The van der Waals surface area contributed by atoms with Crippen LogP contribution in [0.25, 0.3) is 11.1 Å². The molecule has 2 aromatic heterocycles. The summed E-state index contributed by atoms with van der Waals surface area (Å²) >= 11 is 0. The zero-order chi connectivity index (χ0) is 18.8. The molecule has 0 aliphatic heterocycles. The molecule has 0 saturated heterocycles. The minimum atomic E-state index is -0.420. The van der Waals surface area contributed by atoms with Gasteiger partial charge in [-0.2, -0.15) is 0 Å². The summed E-state index contributed by atoms with van der Waals surface area (Å²) in [4.78, 5) is 15.8. The number of primary amides is 1. The fraction of sp³-hybridized carbons (Fsp3) is 0.333. The minimum absolute atomic E-state index is 0.0537. The van der Waals surface area contributed by atoms with Crippen LogP contribution in [0.5, 0.6) is 0 Å². The zero-order valence-electron chi connectivity index (χ0n) is 15.4. The second-order valence-corrected chi connectivity index (χ2v) is 7.17. The van der Waals surface area contributed by atoms with Crippen LogP contribution in [0, 0.1) is 0 Å². The molecule has 2 N–H and O–H groups in total. The molecule has 0 radical (unpaired) electrons. The first-order valence-corrected chi connectivity index (χ1v) is 9.39. The molecule has 3 aromatic rings. The highest BCUT2D eigenvalue weighted by Gasteiger charge is 2.24. The van der Waals surface area contributed by atoms with Crippen molar-refractivity contribution in [1.29, 1.82) is 0 Å². The van der Waals surface area contributed by atoms with Crippen LogP contribution in [0.4, 0.5) is 0 Å². The Morgan fingerprint density at radius 2 is 1.89 bits per heavy atom. The average Bonchev–Trinajstić information content (AvgIpc) is 3.39. The topological polar surface area (TPSA) is 86.7 Å². The Bertz CT molecular complexity index is 941. The van der Waals surface area contributed by atoms with Gasteiger partial charge in [0.15, 0.2) is 0 Å². The van der Waals surface area contributed by atoms with Crippen LogP contribution in [0.3, 0.4) is 0 Å². The molecule has 6 nitrogen and oxygen atoms in total. The first kappa shape index (κ1) is 17.4. The number of rotatable bonds is 5. The number of carbonyl (C=O) groups is 1. The van der Waals surface area contributed by atoms with Gasteiger partial charge in [-0.15, -0.1) is 10.2 Å². The van der Waals surface area contributed by atoms with Crippen molar-refractivity contribution < 1.29 is 4.79 Å². The van der Waals surface area contributed by atoms with Gasteiger partial charge in [-0.25, -0.2) is 0 Å². The van der Waals surface area contributed by atoms with Gasteiger partial charge in [-0.3, -0.25) is 9.78 Å². The standard InChI is InChI=1S/C21H23N5O/c1-14(21-25-24-13-26(21)18-4-2-3-5-18)19-12-17(10-11-23-19)15-6-8-16(9-7-15)20(22)27/h6-14,18H,2-5H2,1H3,(H2,22,27). The van der Waals surface area contributed by atoms with Gasteiger partial charge in [0.25, 0.3) is 0 Å². The predicted octanol–water partition coefficient (Wildman–Crippen LogP) is 3.71. The van der Waals surface area contributed by atoms with Crippen molar-refractivity contribution in [3.05, 3.63) is 66.0 Å². The molecular weight excluding hydrogens is 338 g/mol. The lowest BCUT2D eigenvalue weighted by Gasteiger charge is -2.18. The number of pyridine rings is 1. The maximum absolute atomic E-state index is 11.3. The normalized spacial score (nSPS) is 15.7. The van der Waals surface area contributed by atoms with Crippen molar-refractivity contribution >= 4 is 5.91 Å². The van der Waals surface area contributed by atoms with E-state index in [1.165, 1.54) is 25.7 Å². The molecule has 1 amide bonds. The van der Waals surface area contributed by atoms with Crippen molar-refractivity contribution in [3.8, 4) is 11.1 Å². The number of amides is 1. The van der Waals surface area contributed by atoms with Gasteiger partial charge in [0.2, 0.25) is 5.91 Å². The second-order valence-electron chi connectivity index (χ2n) is 7.17. The first-order valence-electron chi connectivity index (χ1n) is 9.39. The zero-order valence-corrected chi connectivity index (χ0v) is 15.4. The quantitative estimate of drug-likeness (QED) is 0.750. The lowest BCUT2D eigenvalue weighted by Crippen LogP contribution is -2.12. The Labute approximate surface area is 158 Å². The highest BCUT2D eigenvalue weighted by atomic mass is 16.1. The summed E-state index contributed by atoms with van der Waals surface area (Å²) in [7, 11) is 0. The van der Waals surface area contributed by atoms with Crippen LogP contribution >= 0.6 is 0 Å². The van der Waals surface area contributed by atoms with E-state index < -0.39 is 5.91 Å². The van der Waals surface area contributed by atoms with Crippen molar-refractivity contribution in [1.82, 2.24) is 19.7 Å². The summed E-state index contributed by atoms with van der Waals surface area (Å²) in [5.41, 5.74) is 8.86. The monoisotopic (exact) mass is 361 g/mol. The van der Waals surface area contributed by atoms with Gasteiger partial charge in [0.1, 0.15) is 12.2 Å². The average molecular weight is 361 g/mol. The molecule has 0 spiro atoms. The van der Waals surface area contributed by atoms with Crippen LogP contribution < -0.4 is 5.73 Å². The summed E-state index contributed by atoms with van der Waals surface area (Å²) in [6.45, 7) is 2.12. The molecule has 138 valence electrons. The van der Waals surface area contributed by atoms with Crippen molar-refractivity contribution in [2.24, 2.45) is 5.73 Å². The van der Waals surface area contributed by atoms with Gasteiger partial charge in [-0.05, 0) is 55.2 Å². The number of nitrogens with zero attached hydrogens (tertiary/aromatic N) is 4. The van der Waals surface area contributed by atoms with Crippen LogP contribution in [-0.2, 0) is 0 Å². The van der Waals surface area contributed by atoms with Crippen molar-refractivity contribution in [2.75, 3.05) is 0 Å². The number of aromatic nitrogens is 4. The lowest BCUT2D eigenvalue weighted by molar-refractivity contribution is 0.100.